The van der Waals surface area contributed by atoms with Crippen molar-refractivity contribution < 1.29 is 4.39 Å². The van der Waals surface area contributed by atoms with Gasteiger partial charge in [-0.1, -0.05) is 30.7 Å². The van der Waals surface area contributed by atoms with E-state index in [0.29, 0.717) is 6.54 Å². The van der Waals surface area contributed by atoms with Gasteiger partial charge in [0.05, 0.1) is 5.02 Å². The molecule has 2 rings (SSSR count). The minimum atomic E-state index is -0.328. The summed E-state index contributed by atoms with van der Waals surface area (Å²) in [5.74, 6) is -0.328. The van der Waals surface area contributed by atoms with Crippen LogP contribution in [0, 0.1) is 5.82 Å². The predicted octanol–water partition coefficient (Wildman–Crippen LogP) is 3.44. The molecule has 1 aliphatic rings. The van der Waals surface area contributed by atoms with Crippen LogP contribution in [0.4, 0.5) is 4.39 Å². The van der Waals surface area contributed by atoms with Crippen molar-refractivity contribution in [2.75, 3.05) is 19.6 Å². The van der Waals surface area contributed by atoms with Crippen LogP contribution in [0.15, 0.2) is 18.2 Å². The third-order valence-corrected chi connectivity index (χ3v) is 4.40. The molecule has 1 unspecified atom stereocenters. The van der Waals surface area contributed by atoms with Gasteiger partial charge in [-0.25, -0.2) is 4.39 Å². The van der Waals surface area contributed by atoms with Crippen LogP contribution in [0.5, 0.6) is 0 Å². The molecule has 19 heavy (non-hydrogen) atoms. The molecule has 0 aliphatic carbocycles. The molecule has 0 radical (unpaired) electrons. The minimum absolute atomic E-state index is 0.135. The van der Waals surface area contributed by atoms with Gasteiger partial charge in [0.1, 0.15) is 5.82 Å². The molecule has 106 valence electrons. The van der Waals surface area contributed by atoms with Crippen molar-refractivity contribution in [2.45, 2.75) is 38.8 Å². The molecule has 1 aliphatic heterocycles. The molecule has 1 saturated heterocycles. The fourth-order valence-electron chi connectivity index (χ4n) is 2.60. The molecule has 0 bridgehead atoms. The highest BCUT2D eigenvalue weighted by atomic mass is 35.5. The van der Waals surface area contributed by atoms with E-state index in [-0.39, 0.29) is 16.4 Å². The quantitative estimate of drug-likeness (QED) is 0.915. The smallest absolute Gasteiger partial charge is 0.142 e. The fourth-order valence-corrected chi connectivity index (χ4v) is 2.79. The number of rotatable bonds is 3. The monoisotopic (exact) mass is 284 g/mol. The van der Waals surface area contributed by atoms with Gasteiger partial charge in [-0.2, -0.15) is 0 Å². The molecule has 0 amide bonds. The van der Waals surface area contributed by atoms with E-state index in [1.165, 1.54) is 6.07 Å². The lowest BCUT2D eigenvalue weighted by Gasteiger charge is -2.32. The third kappa shape index (κ3) is 3.68. The number of nitrogens with one attached hydrogen (secondary N) is 1. The number of nitrogens with zero attached hydrogens (tertiary/aromatic N) is 1. The maximum atomic E-state index is 13.5. The van der Waals surface area contributed by atoms with Crippen molar-refractivity contribution in [3.8, 4) is 0 Å². The lowest BCUT2D eigenvalue weighted by atomic mass is 9.98. The molecule has 1 aromatic rings. The average molecular weight is 285 g/mol. The molecule has 1 aromatic carbocycles. The highest BCUT2D eigenvalue weighted by Crippen LogP contribution is 2.23. The molecule has 0 saturated carbocycles. The van der Waals surface area contributed by atoms with Crippen LogP contribution in [0.25, 0.3) is 0 Å². The summed E-state index contributed by atoms with van der Waals surface area (Å²) in [6.07, 6.45) is 2.20. The Hall–Kier alpha value is -0.640. The Balaban J connectivity index is 2.11. The first-order chi connectivity index (χ1) is 9.04. The van der Waals surface area contributed by atoms with Gasteiger partial charge < -0.3 is 5.32 Å². The SMILES string of the molecule is CCC1(C)CN(Cc2cccc(F)c2Cl)CCCN1. The summed E-state index contributed by atoms with van der Waals surface area (Å²) in [5.41, 5.74) is 1.01. The van der Waals surface area contributed by atoms with Gasteiger partial charge in [-0.15, -0.1) is 0 Å². The van der Waals surface area contributed by atoms with E-state index in [2.05, 4.69) is 24.1 Å². The van der Waals surface area contributed by atoms with Crippen LogP contribution in [-0.4, -0.2) is 30.1 Å². The first-order valence-electron chi connectivity index (χ1n) is 6.94. The van der Waals surface area contributed by atoms with Crippen LogP contribution < -0.4 is 5.32 Å². The Labute approximate surface area is 119 Å². The third-order valence-electron chi connectivity index (χ3n) is 3.98. The van der Waals surface area contributed by atoms with Gasteiger partial charge in [0.2, 0.25) is 0 Å². The lowest BCUT2D eigenvalue weighted by molar-refractivity contribution is 0.208. The zero-order chi connectivity index (χ0) is 13.9. The Morgan fingerprint density at radius 2 is 2.26 bits per heavy atom. The predicted molar refractivity (Wildman–Crippen MR) is 78.0 cm³/mol. The molecule has 1 fully saturated rings. The largest absolute Gasteiger partial charge is 0.310 e. The molecule has 1 heterocycles. The normalized spacial score (nSPS) is 25.3. The van der Waals surface area contributed by atoms with E-state index in [9.17, 15) is 4.39 Å². The Morgan fingerprint density at radius 3 is 3.00 bits per heavy atom. The molecule has 4 heteroatoms. The zero-order valence-corrected chi connectivity index (χ0v) is 12.4. The summed E-state index contributed by atoms with van der Waals surface area (Å²) in [6.45, 7) is 8.20. The minimum Gasteiger partial charge on any atom is -0.310 e. The fraction of sp³-hybridized carbons (Fsp3) is 0.600. The highest BCUT2D eigenvalue weighted by molar-refractivity contribution is 6.31. The molecule has 0 aromatic heterocycles. The van der Waals surface area contributed by atoms with Crippen molar-refractivity contribution in [3.63, 3.8) is 0 Å². The van der Waals surface area contributed by atoms with Crippen molar-refractivity contribution in [3.05, 3.63) is 34.6 Å². The maximum absolute atomic E-state index is 13.5. The van der Waals surface area contributed by atoms with E-state index in [1.54, 1.807) is 6.07 Å². The average Bonchev–Trinajstić information content (AvgIpc) is 2.58. The molecular weight excluding hydrogens is 263 g/mol. The van der Waals surface area contributed by atoms with Crippen LogP contribution >= 0.6 is 11.6 Å². The second kappa shape index (κ2) is 6.21. The second-order valence-electron chi connectivity index (χ2n) is 5.62. The number of halogens is 2. The second-order valence-corrected chi connectivity index (χ2v) is 6.00. The molecule has 1 N–H and O–H groups in total. The van der Waals surface area contributed by atoms with E-state index in [1.807, 2.05) is 6.07 Å². The molecule has 2 nitrogen and oxygen atoms in total. The summed E-state index contributed by atoms with van der Waals surface area (Å²) in [6, 6.07) is 5.05. The first kappa shape index (κ1) is 14.8. The van der Waals surface area contributed by atoms with Gasteiger partial charge in [0.25, 0.3) is 0 Å². The standard InChI is InChI=1S/C15H22ClFN2/c1-3-15(2)11-19(9-5-8-18-15)10-12-6-4-7-13(17)14(12)16/h4,6-7,18H,3,5,8-11H2,1-2H3. The van der Waals surface area contributed by atoms with Gasteiger partial charge in [-0.05, 0) is 44.5 Å². The number of hydrogen-bond donors (Lipinski definition) is 1. The topological polar surface area (TPSA) is 15.3 Å². The molecule has 0 spiro atoms. The van der Waals surface area contributed by atoms with Crippen LogP contribution in [0.3, 0.4) is 0 Å². The Bertz CT molecular complexity index is 438. The van der Waals surface area contributed by atoms with Gasteiger partial charge in [0.15, 0.2) is 0 Å². The van der Waals surface area contributed by atoms with E-state index < -0.39 is 0 Å². The van der Waals surface area contributed by atoms with E-state index >= 15 is 0 Å². The maximum Gasteiger partial charge on any atom is 0.142 e. The zero-order valence-electron chi connectivity index (χ0n) is 11.7. The van der Waals surface area contributed by atoms with Gasteiger partial charge in [-0.3, -0.25) is 4.90 Å². The Morgan fingerprint density at radius 1 is 1.47 bits per heavy atom. The first-order valence-corrected chi connectivity index (χ1v) is 7.32. The number of benzene rings is 1. The van der Waals surface area contributed by atoms with Gasteiger partial charge in [0, 0.05) is 18.6 Å². The van der Waals surface area contributed by atoms with Crippen LogP contribution in [0.1, 0.15) is 32.3 Å². The van der Waals surface area contributed by atoms with E-state index in [4.69, 9.17) is 11.6 Å². The van der Waals surface area contributed by atoms with Crippen molar-refractivity contribution in [1.82, 2.24) is 10.2 Å². The van der Waals surface area contributed by atoms with Crippen molar-refractivity contribution in [2.24, 2.45) is 0 Å². The van der Waals surface area contributed by atoms with Crippen molar-refractivity contribution in [1.29, 1.82) is 0 Å². The summed E-state index contributed by atoms with van der Waals surface area (Å²) >= 11 is 6.04. The highest BCUT2D eigenvalue weighted by Gasteiger charge is 2.27. The summed E-state index contributed by atoms with van der Waals surface area (Å²) in [5, 5.41) is 3.86. The van der Waals surface area contributed by atoms with Crippen LogP contribution in [-0.2, 0) is 6.54 Å². The molecule has 1 atom stereocenters. The van der Waals surface area contributed by atoms with Gasteiger partial charge >= 0.3 is 0 Å². The summed E-state index contributed by atoms with van der Waals surface area (Å²) in [7, 11) is 0. The van der Waals surface area contributed by atoms with Crippen molar-refractivity contribution >= 4 is 11.6 Å². The molecular formula is C15H22ClFN2. The summed E-state index contributed by atoms with van der Waals surface area (Å²) < 4.78 is 13.5. The summed E-state index contributed by atoms with van der Waals surface area (Å²) in [4.78, 5) is 2.37. The van der Waals surface area contributed by atoms with Crippen LogP contribution in [0.2, 0.25) is 5.02 Å². The number of hydrogen-bond acceptors (Lipinski definition) is 2. The lowest BCUT2D eigenvalue weighted by Crippen LogP contribution is -2.48. The van der Waals surface area contributed by atoms with E-state index in [0.717, 1.165) is 38.0 Å². The Kier molecular flexibility index (Phi) is 4.82.